The van der Waals surface area contributed by atoms with Crippen LogP contribution in [0.25, 0.3) is 0 Å². The summed E-state index contributed by atoms with van der Waals surface area (Å²) in [6.45, 7) is 14.8. The van der Waals surface area contributed by atoms with E-state index < -0.39 is 0 Å². The standard InChI is InChI=1S/C14H30O2Si/c1-8-12(9(2)3)14(17,10(4)5)13(15)16-11(6)7/h9-12H,8H2,1-7,17H3. The molecule has 17 heavy (non-hydrogen) atoms. The van der Waals surface area contributed by atoms with Crippen LogP contribution in [-0.4, -0.2) is 22.3 Å². The number of carbonyl (C=O) groups is 1. The molecule has 3 heteroatoms. The number of hydrogen-bond donors (Lipinski definition) is 0. The van der Waals surface area contributed by atoms with Crippen molar-refractivity contribution in [1.82, 2.24) is 0 Å². The van der Waals surface area contributed by atoms with E-state index in [9.17, 15) is 4.79 Å². The molecule has 0 saturated heterocycles. The lowest BCUT2D eigenvalue weighted by atomic mass is 9.74. The maximum absolute atomic E-state index is 12.4. The van der Waals surface area contributed by atoms with Gasteiger partial charge in [-0.25, -0.2) is 0 Å². The molecule has 0 radical (unpaired) electrons. The third-order valence-electron chi connectivity index (χ3n) is 4.00. The molecule has 0 saturated carbocycles. The third-order valence-corrected chi connectivity index (χ3v) is 6.30. The molecule has 0 spiro atoms. The van der Waals surface area contributed by atoms with Gasteiger partial charge in [0.15, 0.2) is 0 Å². The molecule has 0 aliphatic heterocycles. The molecule has 2 unspecified atom stereocenters. The Morgan fingerprint density at radius 1 is 1.18 bits per heavy atom. The molecular formula is C14H30O2Si. The smallest absolute Gasteiger partial charge is 0.309 e. The van der Waals surface area contributed by atoms with Crippen LogP contribution < -0.4 is 0 Å². The van der Waals surface area contributed by atoms with Crippen molar-refractivity contribution in [2.45, 2.75) is 66.0 Å². The molecule has 0 amide bonds. The lowest BCUT2D eigenvalue weighted by Crippen LogP contribution is -2.41. The predicted octanol–water partition coefficient (Wildman–Crippen LogP) is 2.80. The van der Waals surface area contributed by atoms with Crippen molar-refractivity contribution in [1.29, 1.82) is 0 Å². The highest BCUT2D eigenvalue weighted by Crippen LogP contribution is 2.46. The van der Waals surface area contributed by atoms with Crippen LogP contribution in [0.4, 0.5) is 0 Å². The second-order valence-corrected chi connectivity index (χ2v) is 7.80. The Kier molecular flexibility index (Phi) is 6.45. The van der Waals surface area contributed by atoms with E-state index in [2.05, 4.69) is 34.6 Å². The van der Waals surface area contributed by atoms with Gasteiger partial charge < -0.3 is 4.74 Å². The molecule has 0 rings (SSSR count). The minimum absolute atomic E-state index is 0.0146. The van der Waals surface area contributed by atoms with Gasteiger partial charge in [-0.15, -0.1) is 0 Å². The maximum atomic E-state index is 12.4. The number of hydrogen-bond acceptors (Lipinski definition) is 2. The molecule has 0 aromatic carbocycles. The minimum Gasteiger partial charge on any atom is -0.463 e. The quantitative estimate of drug-likeness (QED) is 0.541. The number of esters is 1. The van der Waals surface area contributed by atoms with E-state index in [1.165, 1.54) is 0 Å². The lowest BCUT2D eigenvalue weighted by molar-refractivity contribution is -0.155. The predicted molar refractivity (Wildman–Crippen MR) is 77.3 cm³/mol. The van der Waals surface area contributed by atoms with Gasteiger partial charge in [-0.1, -0.05) is 41.0 Å². The van der Waals surface area contributed by atoms with Crippen LogP contribution in [0.3, 0.4) is 0 Å². The van der Waals surface area contributed by atoms with Gasteiger partial charge in [0.2, 0.25) is 0 Å². The minimum atomic E-state index is -0.243. The summed E-state index contributed by atoms with van der Waals surface area (Å²) < 4.78 is 5.51. The first-order valence-electron chi connectivity index (χ1n) is 6.88. The Balaban J connectivity index is 5.21. The lowest BCUT2D eigenvalue weighted by Gasteiger charge is -2.41. The van der Waals surface area contributed by atoms with Crippen molar-refractivity contribution in [3.63, 3.8) is 0 Å². The van der Waals surface area contributed by atoms with Gasteiger partial charge in [0.05, 0.1) is 11.1 Å². The van der Waals surface area contributed by atoms with Crippen molar-refractivity contribution in [3.05, 3.63) is 0 Å². The molecule has 0 aliphatic carbocycles. The fourth-order valence-electron chi connectivity index (χ4n) is 2.74. The van der Waals surface area contributed by atoms with Crippen molar-refractivity contribution in [2.75, 3.05) is 0 Å². The van der Waals surface area contributed by atoms with Crippen LogP contribution in [0.15, 0.2) is 0 Å². The third kappa shape index (κ3) is 3.83. The van der Waals surface area contributed by atoms with Gasteiger partial charge in [0.1, 0.15) is 0 Å². The second kappa shape index (κ2) is 6.57. The first-order valence-corrected chi connectivity index (χ1v) is 7.88. The molecule has 0 aromatic rings. The molecule has 0 aromatic heterocycles. The van der Waals surface area contributed by atoms with E-state index in [1.807, 2.05) is 13.8 Å². The summed E-state index contributed by atoms with van der Waals surface area (Å²) in [5.74, 6) is 1.34. The van der Waals surface area contributed by atoms with Crippen molar-refractivity contribution in [3.8, 4) is 0 Å². The second-order valence-electron chi connectivity index (χ2n) is 6.15. The van der Waals surface area contributed by atoms with Crippen molar-refractivity contribution >= 4 is 16.2 Å². The van der Waals surface area contributed by atoms with Crippen LogP contribution >= 0.6 is 0 Å². The molecule has 0 bridgehead atoms. The van der Waals surface area contributed by atoms with Crippen molar-refractivity contribution in [2.24, 2.45) is 17.8 Å². The number of rotatable bonds is 6. The van der Waals surface area contributed by atoms with Crippen LogP contribution in [0.5, 0.6) is 0 Å². The Morgan fingerprint density at radius 2 is 1.65 bits per heavy atom. The molecule has 102 valence electrons. The molecule has 0 heterocycles. The van der Waals surface area contributed by atoms with Gasteiger partial charge in [0, 0.05) is 10.2 Å². The fourth-order valence-corrected chi connectivity index (χ4v) is 3.94. The van der Waals surface area contributed by atoms with E-state index in [0.717, 1.165) is 16.7 Å². The van der Waals surface area contributed by atoms with E-state index >= 15 is 0 Å². The Morgan fingerprint density at radius 3 is 1.88 bits per heavy atom. The Bertz CT molecular complexity index is 249. The molecule has 0 aliphatic rings. The molecule has 2 nitrogen and oxygen atoms in total. The SMILES string of the molecule is CCC(C(C)C)C([SiH3])(C(=O)OC(C)C)C(C)C. The number of ether oxygens (including phenoxy) is 1. The molecule has 0 fully saturated rings. The Hall–Kier alpha value is -0.313. The van der Waals surface area contributed by atoms with Gasteiger partial charge in [-0.05, 0) is 31.6 Å². The van der Waals surface area contributed by atoms with E-state index in [4.69, 9.17) is 4.74 Å². The van der Waals surface area contributed by atoms with Crippen molar-refractivity contribution < 1.29 is 9.53 Å². The Labute approximate surface area is 110 Å². The van der Waals surface area contributed by atoms with Gasteiger partial charge >= 0.3 is 5.97 Å². The highest BCUT2D eigenvalue weighted by molar-refractivity contribution is 6.27. The van der Waals surface area contributed by atoms with E-state index in [1.54, 1.807) is 0 Å². The summed E-state index contributed by atoms with van der Waals surface area (Å²) in [5.41, 5.74) is 0. The summed E-state index contributed by atoms with van der Waals surface area (Å²) in [5, 5.41) is -0.243. The van der Waals surface area contributed by atoms with Crippen LogP contribution in [-0.2, 0) is 9.53 Å². The average Bonchev–Trinajstić information content (AvgIpc) is 2.16. The zero-order valence-corrected chi connectivity index (χ0v) is 14.8. The first-order chi connectivity index (χ1) is 7.67. The highest BCUT2D eigenvalue weighted by Gasteiger charge is 2.45. The molecule has 0 N–H and O–H groups in total. The topological polar surface area (TPSA) is 26.3 Å². The largest absolute Gasteiger partial charge is 0.463 e. The normalized spacial score (nSPS) is 17.5. The van der Waals surface area contributed by atoms with Gasteiger partial charge in [0.25, 0.3) is 0 Å². The fraction of sp³-hybridized carbons (Fsp3) is 0.929. The van der Waals surface area contributed by atoms with Crippen LogP contribution in [0.2, 0.25) is 5.04 Å². The zero-order valence-electron chi connectivity index (χ0n) is 12.8. The summed E-state index contributed by atoms with van der Waals surface area (Å²) in [6.07, 6.45) is 1.03. The average molecular weight is 258 g/mol. The summed E-state index contributed by atoms with van der Waals surface area (Å²) in [4.78, 5) is 12.4. The molecular weight excluding hydrogens is 228 g/mol. The summed E-state index contributed by atoms with van der Waals surface area (Å²) in [7, 11) is 0.858. The monoisotopic (exact) mass is 258 g/mol. The van der Waals surface area contributed by atoms with E-state index in [-0.39, 0.29) is 17.1 Å². The first kappa shape index (κ1) is 16.7. The molecule has 2 atom stereocenters. The maximum Gasteiger partial charge on any atom is 0.309 e. The van der Waals surface area contributed by atoms with Crippen LogP contribution in [0, 0.1) is 17.8 Å². The summed E-state index contributed by atoms with van der Waals surface area (Å²) >= 11 is 0. The summed E-state index contributed by atoms with van der Waals surface area (Å²) in [6, 6.07) is 0. The number of carbonyl (C=O) groups excluding carboxylic acids is 1. The van der Waals surface area contributed by atoms with Crippen LogP contribution in [0.1, 0.15) is 54.9 Å². The van der Waals surface area contributed by atoms with Gasteiger partial charge in [-0.3, -0.25) is 4.79 Å². The zero-order chi connectivity index (χ0) is 13.8. The van der Waals surface area contributed by atoms with E-state index in [0.29, 0.717) is 17.8 Å². The van der Waals surface area contributed by atoms with Gasteiger partial charge in [-0.2, -0.15) is 0 Å². The highest BCUT2D eigenvalue weighted by atomic mass is 28.1.